The van der Waals surface area contributed by atoms with Crippen molar-refractivity contribution >= 4 is 11.4 Å². The molecule has 146 valence electrons. The van der Waals surface area contributed by atoms with Gasteiger partial charge in [0.05, 0.1) is 12.2 Å². The molecule has 0 radical (unpaired) electrons. The van der Waals surface area contributed by atoms with Crippen molar-refractivity contribution in [2.45, 2.75) is 12.6 Å². The van der Waals surface area contributed by atoms with E-state index in [0.29, 0.717) is 18.0 Å². The second-order valence-corrected chi connectivity index (χ2v) is 6.65. The van der Waals surface area contributed by atoms with Crippen LogP contribution >= 0.6 is 0 Å². The van der Waals surface area contributed by atoms with Crippen LogP contribution in [-0.4, -0.2) is 44.2 Å². The minimum absolute atomic E-state index is 0.595. The highest BCUT2D eigenvalue weighted by atomic mass is 19.4. The summed E-state index contributed by atoms with van der Waals surface area (Å²) in [4.78, 5) is 4.33. The van der Waals surface area contributed by atoms with Crippen molar-refractivity contribution in [1.29, 1.82) is 0 Å². The molecule has 2 N–H and O–H groups in total. The summed E-state index contributed by atoms with van der Waals surface area (Å²) in [5.74, 6) is 0.804. The molecule has 1 aliphatic heterocycles. The van der Waals surface area contributed by atoms with Crippen LogP contribution in [0.4, 0.5) is 24.5 Å². The molecule has 1 fully saturated rings. The molecule has 0 unspecified atom stereocenters. The molecule has 0 amide bonds. The molecule has 1 aliphatic rings. The number of rotatable bonds is 6. The zero-order valence-electron chi connectivity index (χ0n) is 15.1. The Balaban J connectivity index is 1.41. The van der Waals surface area contributed by atoms with Crippen LogP contribution in [0, 0.1) is 0 Å². The van der Waals surface area contributed by atoms with Crippen LogP contribution in [0.1, 0.15) is 12.0 Å². The quantitative estimate of drug-likeness (QED) is 0.611. The van der Waals surface area contributed by atoms with Gasteiger partial charge in [0.25, 0.3) is 0 Å². The van der Waals surface area contributed by atoms with Crippen LogP contribution < -0.4 is 15.4 Å². The van der Waals surface area contributed by atoms with Gasteiger partial charge in [0.15, 0.2) is 0 Å². The summed E-state index contributed by atoms with van der Waals surface area (Å²) in [6.45, 7) is 4.64. The van der Waals surface area contributed by atoms with E-state index >= 15 is 0 Å². The van der Waals surface area contributed by atoms with Crippen molar-refractivity contribution in [3.05, 3.63) is 54.1 Å². The fourth-order valence-corrected chi connectivity index (χ4v) is 3.15. The highest BCUT2D eigenvalue weighted by Crippen LogP contribution is 2.31. The second kappa shape index (κ2) is 8.52. The Morgan fingerprint density at radius 3 is 2.33 bits per heavy atom. The zero-order chi connectivity index (χ0) is 19.3. The number of benzene rings is 2. The molecular formula is C20H24F3N3O. The van der Waals surface area contributed by atoms with Gasteiger partial charge in [0, 0.05) is 44.1 Å². The fourth-order valence-electron chi connectivity index (χ4n) is 3.15. The summed E-state index contributed by atoms with van der Waals surface area (Å²) in [6.07, 6.45) is -3.41. The normalized spacial score (nSPS) is 15.7. The number of ether oxygens (including phenoxy) is 1. The van der Waals surface area contributed by atoms with Gasteiger partial charge in [-0.05, 0) is 48.9 Å². The largest absolute Gasteiger partial charge is 0.494 e. The lowest BCUT2D eigenvalue weighted by Gasteiger charge is -2.36. The lowest BCUT2D eigenvalue weighted by atomic mass is 10.1. The molecule has 0 spiro atoms. The van der Waals surface area contributed by atoms with Crippen LogP contribution in [0.15, 0.2) is 48.5 Å². The molecule has 0 saturated carbocycles. The second-order valence-electron chi connectivity index (χ2n) is 6.65. The Morgan fingerprint density at radius 2 is 1.67 bits per heavy atom. The van der Waals surface area contributed by atoms with Crippen molar-refractivity contribution in [2.75, 3.05) is 50.0 Å². The summed E-state index contributed by atoms with van der Waals surface area (Å²) in [7, 11) is 0. The first-order valence-electron chi connectivity index (χ1n) is 9.05. The van der Waals surface area contributed by atoms with E-state index in [-0.39, 0.29) is 0 Å². The first kappa shape index (κ1) is 19.4. The maximum Gasteiger partial charge on any atom is 0.416 e. The molecule has 0 aromatic heterocycles. The fraction of sp³-hybridized carbons (Fsp3) is 0.400. The number of hydrogen-bond donors (Lipinski definition) is 1. The highest BCUT2D eigenvalue weighted by molar-refractivity contribution is 5.49. The third-order valence-corrected chi connectivity index (χ3v) is 4.68. The maximum atomic E-state index is 12.9. The molecule has 2 aromatic rings. The number of nitrogens with zero attached hydrogens (tertiary/aromatic N) is 2. The number of hydrogen-bond acceptors (Lipinski definition) is 4. The molecule has 1 heterocycles. The Bertz CT molecular complexity index is 726. The van der Waals surface area contributed by atoms with E-state index < -0.39 is 11.7 Å². The molecule has 1 saturated heterocycles. The van der Waals surface area contributed by atoms with E-state index in [0.717, 1.165) is 51.0 Å². The lowest BCUT2D eigenvalue weighted by Crippen LogP contribution is -2.46. The summed E-state index contributed by atoms with van der Waals surface area (Å²) < 4.78 is 44.3. The first-order valence-corrected chi connectivity index (χ1v) is 9.05. The number of alkyl halides is 3. The monoisotopic (exact) mass is 379 g/mol. The van der Waals surface area contributed by atoms with E-state index in [2.05, 4.69) is 4.90 Å². The summed E-state index contributed by atoms with van der Waals surface area (Å²) >= 11 is 0. The van der Waals surface area contributed by atoms with Gasteiger partial charge in [-0.3, -0.25) is 4.90 Å². The zero-order valence-corrected chi connectivity index (χ0v) is 15.1. The number of piperazine rings is 1. The van der Waals surface area contributed by atoms with E-state index in [9.17, 15) is 13.2 Å². The average Bonchev–Trinajstić information content (AvgIpc) is 2.67. The molecule has 27 heavy (non-hydrogen) atoms. The minimum atomic E-state index is -4.30. The number of halogens is 3. The molecule has 3 rings (SSSR count). The Morgan fingerprint density at radius 1 is 0.963 bits per heavy atom. The number of nitrogens with two attached hydrogens (primary N) is 1. The molecule has 0 atom stereocenters. The van der Waals surface area contributed by atoms with Crippen LogP contribution in [0.3, 0.4) is 0 Å². The van der Waals surface area contributed by atoms with Gasteiger partial charge in [-0.2, -0.15) is 13.2 Å². The predicted octanol–water partition coefficient (Wildman–Crippen LogP) is 3.88. The molecular weight excluding hydrogens is 355 g/mol. The van der Waals surface area contributed by atoms with Crippen LogP contribution in [0.5, 0.6) is 5.75 Å². The van der Waals surface area contributed by atoms with Gasteiger partial charge < -0.3 is 15.4 Å². The summed E-state index contributed by atoms with van der Waals surface area (Å²) in [6, 6.07) is 12.9. The number of anilines is 2. The molecule has 0 aliphatic carbocycles. The topological polar surface area (TPSA) is 41.7 Å². The Labute approximate surface area is 157 Å². The van der Waals surface area contributed by atoms with Gasteiger partial charge in [-0.15, -0.1) is 0 Å². The highest BCUT2D eigenvalue weighted by Gasteiger charge is 2.31. The van der Waals surface area contributed by atoms with Crippen molar-refractivity contribution < 1.29 is 17.9 Å². The van der Waals surface area contributed by atoms with E-state index in [1.165, 1.54) is 12.1 Å². The Kier molecular flexibility index (Phi) is 6.11. The molecule has 7 heteroatoms. The van der Waals surface area contributed by atoms with Gasteiger partial charge >= 0.3 is 6.18 Å². The average molecular weight is 379 g/mol. The number of nitrogen functional groups attached to an aromatic ring is 1. The van der Waals surface area contributed by atoms with Crippen molar-refractivity contribution in [1.82, 2.24) is 4.90 Å². The van der Waals surface area contributed by atoms with Gasteiger partial charge in [0.1, 0.15) is 5.75 Å². The minimum Gasteiger partial charge on any atom is -0.494 e. The van der Waals surface area contributed by atoms with Gasteiger partial charge in [-0.1, -0.05) is 6.07 Å². The van der Waals surface area contributed by atoms with Crippen LogP contribution in [0.2, 0.25) is 0 Å². The Hall–Kier alpha value is -2.41. The van der Waals surface area contributed by atoms with Crippen LogP contribution in [-0.2, 0) is 6.18 Å². The maximum absolute atomic E-state index is 12.9. The van der Waals surface area contributed by atoms with E-state index in [1.54, 1.807) is 6.07 Å². The van der Waals surface area contributed by atoms with E-state index in [4.69, 9.17) is 10.5 Å². The molecule has 4 nitrogen and oxygen atoms in total. The SMILES string of the molecule is Nc1ccc(OCCCN2CCN(c3cccc(C(F)(F)F)c3)CC2)cc1. The standard InChI is InChI=1S/C20H24F3N3O/c21-20(22,23)16-3-1-4-18(15-16)26-12-10-25(11-13-26)9-2-14-27-19-7-5-17(24)6-8-19/h1,3-8,15H,2,9-14,24H2. The predicted molar refractivity (Wildman–Crippen MR) is 101 cm³/mol. The smallest absolute Gasteiger partial charge is 0.416 e. The van der Waals surface area contributed by atoms with Crippen molar-refractivity contribution in [3.63, 3.8) is 0 Å². The van der Waals surface area contributed by atoms with Crippen molar-refractivity contribution in [2.24, 2.45) is 0 Å². The van der Waals surface area contributed by atoms with E-state index in [1.807, 2.05) is 29.2 Å². The summed E-state index contributed by atoms with van der Waals surface area (Å²) in [5.41, 5.74) is 6.39. The molecule has 0 bridgehead atoms. The summed E-state index contributed by atoms with van der Waals surface area (Å²) in [5, 5.41) is 0. The van der Waals surface area contributed by atoms with Gasteiger partial charge in [0.2, 0.25) is 0 Å². The first-order chi connectivity index (χ1) is 12.9. The molecule has 2 aromatic carbocycles. The van der Waals surface area contributed by atoms with Crippen molar-refractivity contribution in [3.8, 4) is 5.75 Å². The van der Waals surface area contributed by atoms with Gasteiger partial charge in [-0.25, -0.2) is 0 Å². The van der Waals surface area contributed by atoms with Crippen LogP contribution in [0.25, 0.3) is 0 Å². The third-order valence-electron chi connectivity index (χ3n) is 4.68. The lowest BCUT2D eigenvalue weighted by molar-refractivity contribution is -0.137. The third kappa shape index (κ3) is 5.53.